The predicted molar refractivity (Wildman–Crippen MR) is 56.4 cm³/mol. The van der Waals surface area contributed by atoms with Crippen LogP contribution in [0.1, 0.15) is 9.67 Å². The summed E-state index contributed by atoms with van der Waals surface area (Å²) in [6.45, 7) is 0. The first-order valence-corrected chi connectivity index (χ1v) is 5.11. The zero-order chi connectivity index (χ0) is 11.5. The van der Waals surface area contributed by atoms with E-state index < -0.39 is 17.5 Å². The summed E-state index contributed by atoms with van der Waals surface area (Å²) in [5.74, 6) is -2.34. The van der Waals surface area contributed by atoms with Gasteiger partial charge in [0.2, 0.25) is 0 Å². The Balaban J connectivity index is 2.15. The average molecular weight is 240 g/mol. The highest BCUT2D eigenvalue weighted by molar-refractivity contribution is 7.08. The quantitative estimate of drug-likeness (QED) is 0.876. The summed E-state index contributed by atoms with van der Waals surface area (Å²) < 4.78 is 29.2. The highest BCUT2D eigenvalue weighted by atomic mass is 32.1. The maximum atomic E-state index is 12.8. The lowest BCUT2D eigenvalue weighted by Gasteiger charge is -2.03. The molecule has 0 aliphatic heterocycles. The Bertz CT molecular complexity index is 514. The van der Waals surface area contributed by atoms with E-state index in [1.807, 2.05) is 0 Å². The first-order valence-electron chi connectivity index (χ1n) is 4.34. The molecule has 0 saturated carbocycles. The van der Waals surface area contributed by atoms with Crippen molar-refractivity contribution in [1.82, 2.24) is 4.37 Å². The topological polar surface area (TPSA) is 42.0 Å². The first-order chi connectivity index (χ1) is 7.66. The minimum Gasteiger partial charge on any atom is -0.321 e. The molecule has 0 aliphatic carbocycles. The lowest BCUT2D eigenvalue weighted by molar-refractivity contribution is 0.103. The number of amides is 1. The number of rotatable bonds is 2. The van der Waals surface area contributed by atoms with Crippen molar-refractivity contribution < 1.29 is 13.6 Å². The first kappa shape index (κ1) is 10.7. The van der Waals surface area contributed by atoms with Crippen molar-refractivity contribution in [1.29, 1.82) is 0 Å². The Morgan fingerprint density at radius 1 is 1.25 bits per heavy atom. The van der Waals surface area contributed by atoms with Gasteiger partial charge in [0.25, 0.3) is 5.91 Å². The molecular formula is C10H6F2N2OS. The molecule has 6 heteroatoms. The summed E-state index contributed by atoms with van der Waals surface area (Å²) in [5, 5.41) is 2.44. The molecule has 2 rings (SSSR count). The van der Waals surface area contributed by atoms with Gasteiger partial charge >= 0.3 is 0 Å². The van der Waals surface area contributed by atoms with Crippen LogP contribution in [-0.2, 0) is 0 Å². The number of aromatic nitrogens is 1. The lowest BCUT2D eigenvalue weighted by atomic mass is 10.3. The van der Waals surface area contributed by atoms with Gasteiger partial charge in [0.05, 0.1) is 0 Å². The van der Waals surface area contributed by atoms with Gasteiger partial charge in [-0.3, -0.25) is 4.79 Å². The van der Waals surface area contributed by atoms with Crippen LogP contribution in [-0.4, -0.2) is 10.3 Å². The normalized spacial score (nSPS) is 10.1. The van der Waals surface area contributed by atoms with Crippen LogP contribution < -0.4 is 5.32 Å². The number of carbonyl (C=O) groups excluding carboxylic acids is 1. The fourth-order valence-electron chi connectivity index (χ4n) is 1.10. The Labute approximate surface area is 93.9 Å². The molecule has 0 saturated heterocycles. The van der Waals surface area contributed by atoms with Crippen LogP contribution in [0.2, 0.25) is 0 Å². The number of hydrogen-bond donors (Lipinski definition) is 1. The highest BCUT2D eigenvalue weighted by Gasteiger charge is 2.09. The zero-order valence-electron chi connectivity index (χ0n) is 7.91. The molecule has 0 bridgehead atoms. The van der Waals surface area contributed by atoms with Gasteiger partial charge in [0.1, 0.15) is 4.88 Å². The number of nitrogens with zero attached hydrogens (tertiary/aromatic N) is 1. The fourth-order valence-corrected chi connectivity index (χ4v) is 1.59. The molecule has 1 aromatic heterocycles. The molecule has 0 radical (unpaired) electrons. The number of nitrogens with one attached hydrogen (secondary N) is 1. The van der Waals surface area contributed by atoms with Gasteiger partial charge < -0.3 is 5.32 Å². The van der Waals surface area contributed by atoms with Crippen molar-refractivity contribution >= 4 is 23.1 Å². The van der Waals surface area contributed by atoms with Crippen molar-refractivity contribution in [3.63, 3.8) is 0 Å². The highest BCUT2D eigenvalue weighted by Crippen LogP contribution is 2.15. The van der Waals surface area contributed by atoms with Gasteiger partial charge in [0.15, 0.2) is 11.6 Å². The number of carbonyl (C=O) groups is 1. The number of halogens is 2. The van der Waals surface area contributed by atoms with E-state index in [0.29, 0.717) is 4.88 Å². The standard InChI is InChI=1S/C10H6F2N2OS/c11-7-2-1-6(5-8(7)12)14-10(15)9-3-4-13-16-9/h1-5H,(H,14,15). The molecule has 16 heavy (non-hydrogen) atoms. The summed E-state index contributed by atoms with van der Waals surface area (Å²) in [7, 11) is 0. The average Bonchev–Trinajstić information content (AvgIpc) is 2.77. The second-order valence-corrected chi connectivity index (χ2v) is 3.79. The lowest BCUT2D eigenvalue weighted by Crippen LogP contribution is -2.10. The molecule has 0 spiro atoms. The van der Waals surface area contributed by atoms with Crippen LogP contribution in [0.15, 0.2) is 30.5 Å². The minimum atomic E-state index is -0.998. The zero-order valence-corrected chi connectivity index (χ0v) is 8.72. The van der Waals surface area contributed by atoms with E-state index in [1.54, 1.807) is 6.07 Å². The second kappa shape index (κ2) is 4.36. The summed E-state index contributed by atoms with van der Waals surface area (Å²) in [6, 6.07) is 4.71. The van der Waals surface area contributed by atoms with Crippen LogP contribution >= 0.6 is 11.5 Å². The summed E-state index contributed by atoms with van der Waals surface area (Å²) in [4.78, 5) is 11.9. The molecule has 1 N–H and O–H groups in total. The van der Waals surface area contributed by atoms with Gasteiger partial charge in [-0.05, 0) is 29.7 Å². The summed E-state index contributed by atoms with van der Waals surface area (Å²) in [6.07, 6.45) is 1.49. The Kier molecular flexibility index (Phi) is 2.91. The van der Waals surface area contributed by atoms with Crippen LogP contribution in [0, 0.1) is 11.6 Å². The molecule has 1 heterocycles. The number of benzene rings is 1. The van der Waals surface area contributed by atoms with Crippen molar-refractivity contribution in [3.05, 3.63) is 47.0 Å². The third-order valence-corrected chi connectivity index (χ3v) is 2.58. The summed E-state index contributed by atoms with van der Waals surface area (Å²) in [5.41, 5.74) is 0.206. The number of hydrogen-bond acceptors (Lipinski definition) is 3. The van der Waals surface area contributed by atoms with Gasteiger partial charge in [-0.25, -0.2) is 13.2 Å². The van der Waals surface area contributed by atoms with Crippen LogP contribution in [0.3, 0.4) is 0 Å². The van der Waals surface area contributed by atoms with Gasteiger partial charge in [0, 0.05) is 18.0 Å². The molecule has 1 amide bonds. The van der Waals surface area contributed by atoms with Gasteiger partial charge in [-0.15, -0.1) is 0 Å². The number of anilines is 1. The smallest absolute Gasteiger partial charge is 0.267 e. The largest absolute Gasteiger partial charge is 0.321 e. The fraction of sp³-hybridized carbons (Fsp3) is 0. The molecule has 0 atom stereocenters. The third kappa shape index (κ3) is 2.22. The van der Waals surface area contributed by atoms with E-state index in [0.717, 1.165) is 23.7 Å². The van der Waals surface area contributed by atoms with E-state index >= 15 is 0 Å². The van der Waals surface area contributed by atoms with E-state index in [4.69, 9.17) is 0 Å². The maximum absolute atomic E-state index is 12.8. The van der Waals surface area contributed by atoms with E-state index in [1.165, 1.54) is 12.3 Å². The molecule has 2 aromatic rings. The molecule has 0 aliphatic rings. The molecule has 1 aromatic carbocycles. The molecule has 0 unspecified atom stereocenters. The Morgan fingerprint density at radius 2 is 2.06 bits per heavy atom. The second-order valence-electron chi connectivity index (χ2n) is 2.96. The van der Waals surface area contributed by atoms with Crippen molar-refractivity contribution in [3.8, 4) is 0 Å². The van der Waals surface area contributed by atoms with E-state index in [-0.39, 0.29) is 5.69 Å². The predicted octanol–water partition coefficient (Wildman–Crippen LogP) is 2.67. The molecule has 3 nitrogen and oxygen atoms in total. The Morgan fingerprint density at radius 3 is 2.69 bits per heavy atom. The van der Waals surface area contributed by atoms with Crippen molar-refractivity contribution in [2.45, 2.75) is 0 Å². The van der Waals surface area contributed by atoms with E-state index in [2.05, 4.69) is 9.69 Å². The van der Waals surface area contributed by atoms with Crippen LogP contribution in [0.5, 0.6) is 0 Å². The van der Waals surface area contributed by atoms with Gasteiger partial charge in [-0.2, -0.15) is 0 Å². The molecule has 82 valence electrons. The minimum absolute atomic E-state index is 0.206. The monoisotopic (exact) mass is 240 g/mol. The van der Waals surface area contributed by atoms with Gasteiger partial charge in [-0.1, -0.05) is 0 Å². The maximum Gasteiger partial charge on any atom is 0.267 e. The third-order valence-electron chi connectivity index (χ3n) is 1.84. The van der Waals surface area contributed by atoms with E-state index in [9.17, 15) is 13.6 Å². The summed E-state index contributed by atoms with van der Waals surface area (Å²) >= 11 is 1.03. The molecular weight excluding hydrogens is 234 g/mol. The Hall–Kier alpha value is -1.82. The van der Waals surface area contributed by atoms with Crippen molar-refractivity contribution in [2.75, 3.05) is 5.32 Å². The van der Waals surface area contributed by atoms with Crippen LogP contribution in [0.4, 0.5) is 14.5 Å². The SMILES string of the molecule is O=C(Nc1ccc(F)c(F)c1)c1ccns1. The van der Waals surface area contributed by atoms with Crippen LogP contribution in [0.25, 0.3) is 0 Å². The molecule has 0 fully saturated rings. The van der Waals surface area contributed by atoms with Crippen molar-refractivity contribution in [2.24, 2.45) is 0 Å².